The predicted molar refractivity (Wildman–Crippen MR) is 126 cm³/mol. The van der Waals surface area contributed by atoms with Gasteiger partial charge in [0, 0.05) is 18.5 Å². The second kappa shape index (κ2) is 9.12. The molecule has 3 aliphatic carbocycles. The van der Waals surface area contributed by atoms with E-state index in [9.17, 15) is 19.5 Å². The summed E-state index contributed by atoms with van der Waals surface area (Å²) in [5, 5.41) is 15.2. The molecule has 34 heavy (non-hydrogen) atoms. The monoisotopic (exact) mass is 462 g/mol. The topological polar surface area (TPSA) is 105 Å². The Hall–Kier alpha value is -3.35. The lowest BCUT2D eigenvalue weighted by Gasteiger charge is -2.41. The SMILES string of the molecule is O=C(NCC1(C(=O)N[C@H]2CCC[C@H]2C(=O)O)CCC1)OCC1c2ccccc2-c2ccccc21. The number of hydrogen-bond acceptors (Lipinski definition) is 4. The van der Waals surface area contributed by atoms with Crippen LogP contribution in [0.5, 0.6) is 0 Å². The third-order valence-electron chi connectivity index (χ3n) is 7.86. The van der Waals surface area contributed by atoms with Gasteiger partial charge in [-0.3, -0.25) is 9.59 Å². The molecule has 2 fully saturated rings. The summed E-state index contributed by atoms with van der Waals surface area (Å²) in [6.07, 6.45) is 3.79. The minimum Gasteiger partial charge on any atom is -0.481 e. The molecule has 0 radical (unpaired) electrons. The Morgan fingerprint density at radius 2 is 1.59 bits per heavy atom. The maximum atomic E-state index is 13.0. The first-order valence-electron chi connectivity index (χ1n) is 12.1. The third kappa shape index (κ3) is 4.04. The van der Waals surface area contributed by atoms with E-state index in [2.05, 4.69) is 34.9 Å². The van der Waals surface area contributed by atoms with Crippen LogP contribution in [-0.4, -0.2) is 42.3 Å². The zero-order chi connectivity index (χ0) is 23.7. The highest BCUT2D eigenvalue weighted by molar-refractivity contribution is 5.85. The number of carbonyl (C=O) groups is 3. The summed E-state index contributed by atoms with van der Waals surface area (Å²) in [4.78, 5) is 37.1. The van der Waals surface area contributed by atoms with Crippen molar-refractivity contribution >= 4 is 18.0 Å². The first-order chi connectivity index (χ1) is 16.5. The molecule has 2 aromatic rings. The van der Waals surface area contributed by atoms with E-state index in [0.29, 0.717) is 25.7 Å². The molecule has 2 aromatic carbocycles. The van der Waals surface area contributed by atoms with Crippen molar-refractivity contribution in [3.63, 3.8) is 0 Å². The minimum absolute atomic E-state index is 0.0190. The standard InChI is InChI=1S/C27H30N2O5/c30-24(31)21-11-5-12-23(21)29-25(32)27(13-6-14-27)16-28-26(33)34-15-22-19-9-3-1-7-17(19)18-8-2-4-10-20(18)22/h1-4,7-10,21-23H,5-6,11-16H2,(H,28,33)(H,29,32)(H,30,31)/t21-,23+/m1/s1. The van der Waals surface area contributed by atoms with E-state index in [0.717, 1.165) is 24.0 Å². The largest absolute Gasteiger partial charge is 0.481 e. The first kappa shape index (κ1) is 22.4. The number of benzene rings is 2. The second-order valence-electron chi connectivity index (χ2n) is 9.77. The summed E-state index contributed by atoms with van der Waals surface area (Å²) in [5.74, 6) is -1.57. The number of aliphatic carboxylic acids is 1. The number of fused-ring (bicyclic) bond motifs is 3. The van der Waals surface area contributed by atoms with Crippen molar-refractivity contribution in [2.24, 2.45) is 11.3 Å². The fourth-order valence-corrected chi connectivity index (χ4v) is 5.73. The Bertz CT molecular complexity index is 1060. The van der Waals surface area contributed by atoms with Crippen molar-refractivity contribution in [1.82, 2.24) is 10.6 Å². The average molecular weight is 463 g/mol. The van der Waals surface area contributed by atoms with Crippen molar-refractivity contribution in [2.45, 2.75) is 50.5 Å². The van der Waals surface area contributed by atoms with Gasteiger partial charge in [0.05, 0.1) is 11.3 Å². The van der Waals surface area contributed by atoms with Gasteiger partial charge in [-0.1, -0.05) is 61.4 Å². The van der Waals surface area contributed by atoms with Gasteiger partial charge in [-0.05, 0) is 47.9 Å². The van der Waals surface area contributed by atoms with Crippen LogP contribution >= 0.6 is 0 Å². The lowest BCUT2D eigenvalue weighted by atomic mass is 9.67. The van der Waals surface area contributed by atoms with Gasteiger partial charge in [0.25, 0.3) is 0 Å². The van der Waals surface area contributed by atoms with Crippen LogP contribution < -0.4 is 10.6 Å². The summed E-state index contributed by atoms with van der Waals surface area (Å²) in [6.45, 7) is 0.418. The van der Waals surface area contributed by atoms with Gasteiger partial charge < -0.3 is 20.5 Å². The quantitative estimate of drug-likeness (QED) is 0.576. The van der Waals surface area contributed by atoms with E-state index in [4.69, 9.17) is 4.74 Å². The smallest absolute Gasteiger partial charge is 0.407 e. The van der Waals surface area contributed by atoms with Gasteiger partial charge in [0.2, 0.25) is 5.91 Å². The van der Waals surface area contributed by atoms with E-state index in [-0.39, 0.29) is 31.0 Å². The zero-order valence-electron chi connectivity index (χ0n) is 19.1. The molecule has 3 aliphatic rings. The fourth-order valence-electron chi connectivity index (χ4n) is 5.73. The molecule has 0 aliphatic heterocycles. The molecule has 2 atom stereocenters. The third-order valence-corrected chi connectivity index (χ3v) is 7.86. The molecule has 178 valence electrons. The number of hydrogen-bond donors (Lipinski definition) is 3. The molecule has 0 spiro atoms. The Morgan fingerprint density at radius 3 is 2.18 bits per heavy atom. The number of carbonyl (C=O) groups excluding carboxylic acids is 2. The minimum atomic E-state index is -0.859. The van der Waals surface area contributed by atoms with Crippen LogP contribution in [0.3, 0.4) is 0 Å². The summed E-state index contributed by atoms with van der Waals surface area (Å²) in [7, 11) is 0. The molecule has 0 unspecified atom stereocenters. The lowest BCUT2D eigenvalue weighted by Crippen LogP contribution is -2.55. The Labute approximate surface area is 198 Å². The highest BCUT2D eigenvalue weighted by Gasteiger charge is 2.46. The zero-order valence-corrected chi connectivity index (χ0v) is 19.1. The number of amides is 2. The van der Waals surface area contributed by atoms with E-state index in [1.54, 1.807) is 0 Å². The first-order valence-corrected chi connectivity index (χ1v) is 12.1. The van der Waals surface area contributed by atoms with Crippen LogP contribution in [0.1, 0.15) is 55.6 Å². The number of ether oxygens (including phenoxy) is 1. The van der Waals surface area contributed by atoms with Crippen molar-refractivity contribution in [3.05, 3.63) is 59.7 Å². The highest BCUT2D eigenvalue weighted by Crippen LogP contribution is 2.45. The van der Waals surface area contributed by atoms with Gasteiger partial charge >= 0.3 is 12.1 Å². The van der Waals surface area contributed by atoms with E-state index >= 15 is 0 Å². The molecule has 7 heteroatoms. The molecule has 0 heterocycles. The number of rotatable bonds is 7. The van der Waals surface area contributed by atoms with Crippen LogP contribution in [-0.2, 0) is 14.3 Å². The Kier molecular flexibility index (Phi) is 6.02. The number of alkyl carbamates (subject to hydrolysis) is 1. The van der Waals surface area contributed by atoms with Crippen LogP contribution in [0.25, 0.3) is 11.1 Å². The van der Waals surface area contributed by atoms with Crippen LogP contribution in [0.2, 0.25) is 0 Å². The Morgan fingerprint density at radius 1 is 0.941 bits per heavy atom. The molecule has 3 N–H and O–H groups in total. The van der Waals surface area contributed by atoms with E-state index < -0.39 is 23.4 Å². The Balaban J connectivity index is 1.18. The molecule has 7 nitrogen and oxygen atoms in total. The molecule has 0 aromatic heterocycles. The summed E-state index contributed by atoms with van der Waals surface area (Å²) >= 11 is 0. The molecule has 5 rings (SSSR count). The van der Waals surface area contributed by atoms with Crippen molar-refractivity contribution in [3.8, 4) is 11.1 Å². The maximum absolute atomic E-state index is 13.0. The van der Waals surface area contributed by atoms with Gasteiger partial charge in [0.15, 0.2) is 0 Å². The van der Waals surface area contributed by atoms with Crippen LogP contribution in [0.4, 0.5) is 4.79 Å². The van der Waals surface area contributed by atoms with Gasteiger partial charge in [-0.15, -0.1) is 0 Å². The molecule has 0 saturated heterocycles. The molecule has 0 bridgehead atoms. The van der Waals surface area contributed by atoms with Crippen LogP contribution in [0, 0.1) is 11.3 Å². The second-order valence-corrected chi connectivity index (χ2v) is 9.77. The summed E-state index contributed by atoms with van der Waals surface area (Å²) in [6, 6.07) is 16.0. The van der Waals surface area contributed by atoms with Crippen molar-refractivity contribution < 1.29 is 24.2 Å². The summed E-state index contributed by atoms with van der Waals surface area (Å²) in [5.41, 5.74) is 3.95. The number of nitrogens with one attached hydrogen (secondary N) is 2. The summed E-state index contributed by atoms with van der Waals surface area (Å²) < 4.78 is 5.61. The van der Waals surface area contributed by atoms with Crippen molar-refractivity contribution in [1.29, 1.82) is 0 Å². The lowest BCUT2D eigenvalue weighted by molar-refractivity contribution is -0.143. The van der Waals surface area contributed by atoms with Gasteiger partial charge in [-0.2, -0.15) is 0 Å². The highest BCUT2D eigenvalue weighted by atomic mass is 16.5. The fraction of sp³-hybridized carbons (Fsp3) is 0.444. The van der Waals surface area contributed by atoms with Gasteiger partial charge in [0.1, 0.15) is 6.61 Å². The van der Waals surface area contributed by atoms with E-state index in [1.807, 2.05) is 24.3 Å². The maximum Gasteiger partial charge on any atom is 0.407 e. The number of carboxylic acids is 1. The average Bonchev–Trinajstić information content (AvgIpc) is 3.39. The predicted octanol–water partition coefficient (Wildman–Crippen LogP) is 4.06. The molecular weight excluding hydrogens is 432 g/mol. The molecular formula is C27H30N2O5. The van der Waals surface area contributed by atoms with E-state index in [1.165, 1.54) is 11.1 Å². The van der Waals surface area contributed by atoms with Gasteiger partial charge in [-0.25, -0.2) is 4.79 Å². The van der Waals surface area contributed by atoms with Crippen molar-refractivity contribution in [2.75, 3.05) is 13.2 Å². The van der Waals surface area contributed by atoms with Crippen LogP contribution in [0.15, 0.2) is 48.5 Å². The molecule has 2 amide bonds. The normalized spacial score (nSPS) is 22.2. The number of carboxylic acid groups (broad SMARTS) is 1. The molecule has 2 saturated carbocycles.